The van der Waals surface area contributed by atoms with Crippen LogP contribution in [0.4, 0.5) is 0 Å². The molecule has 4 aliphatic carbocycles. The lowest BCUT2D eigenvalue weighted by molar-refractivity contribution is -0.145. The van der Waals surface area contributed by atoms with E-state index >= 15 is 0 Å². The largest absolute Gasteiger partial charge is 0.467 e. The Morgan fingerprint density at radius 3 is 2.69 bits per heavy atom. The third-order valence-electron chi connectivity index (χ3n) is 10.6. The van der Waals surface area contributed by atoms with Gasteiger partial charge in [-0.25, -0.2) is 9.78 Å². The Hall–Kier alpha value is -2.97. The average Bonchev–Trinajstić information content (AvgIpc) is 3.55. The van der Waals surface area contributed by atoms with Gasteiger partial charge >= 0.3 is 5.97 Å². The van der Waals surface area contributed by atoms with Crippen LogP contribution in [0.1, 0.15) is 77.8 Å². The highest BCUT2D eigenvalue weighted by molar-refractivity contribution is 5.96. The van der Waals surface area contributed by atoms with E-state index in [0.29, 0.717) is 29.2 Å². The standard InChI is InChI=1S/C30H42N4O5/c1-18(35)23-7-8-24-22-6-5-19-13-20(9-11-29(19,2)25(22)10-12-30(23,24)3)34-39-16-27(36)33-26(28(37)38-4)14-21-15-31-17-32-21/h13,15,17,22-26H,5-12,14,16H2,1-4H3,(H,31,32)(H,33,36)/t22?,23?,24?,25?,26?,29-,30+/m0/s1. The molecule has 212 valence electrons. The number of esters is 1. The summed E-state index contributed by atoms with van der Waals surface area (Å²) in [6.07, 6.45) is 14.2. The van der Waals surface area contributed by atoms with Crippen molar-refractivity contribution in [2.24, 2.45) is 39.7 Å². The summed E-state index contributed by atoms with van der Waals surface area (Å²) in [7, 11) is 1.29. The third kappa shape index (κ3) is 5.16. The number of methoxy groups -OCH3 is 1. The lowest BCUT2D eigenvalue weighted by Gasteiger charge is -2.58. The predicted molar refractivity (Wildman–Crippen MR) is 145 cm³/mol. The van der Waals surface area contributed by atoms with Gasteiger partial charge in [0.2, 0.25) is 0 Å². The summed E-state index contributed by atoms with van der Waals surface area (Å²) in [6.45, 7) is 6.35. The van der Waals surface area contributed by atoms with Crippen molar-refractivity contribution in [3.8, 4) is 0 Å². The zero-order valence-corrected chi connectivity index (χ0v) is 23.6. The number of H-pyrrole nitrogens is 1. The maximum atomic E-state index is 12.5. The van der Waals surface area contributed by atoms with Crippen molar-refractivity contribution in [3.05, 3.63) is 29.9 Å². The van der Waals surface area contributed by atoms with E-state index in [1.807, 2.05) is 0 Å². The fraction of sp³-hybridized carbons (Fsp3) is 0.700. The van der Waals surface area contributed by atoms with E-state index in [4.69, 9.17) is 9.57 Å². The van der Waals surface area contributed by atoms with Crippen molar-refractivity contribution in [2.45, 2.75) is 84.6 Å². The second kappa shape index (κ2) is 10.9. The van der Waals surface area contributed by atoms with Crippen molar-refractivity contribution in [1.82, 2.24) is 15.3 Å². The highest BCUT2D eigenvalue weighted by Gasteiger charge is 2.59. The van der Waals surface area contributed by atoms with E-state index in [0.717, 1.165) is 37.8 Å². The highest BCUT2D eigenvalue weighted by atomic mass is 16.6. The predicted octanol–water partition coefficient (Wildman–Crippen LogP) is 4.15. The van der Waals surface area contributed by atoms with Crippen molar-refractivity contribution in [2.75, 3.05) is 13.7 Å². The first-order chi connectivity index (χ1) is 18.7. The van der Waals surface area contributed by atoms with Crippen LogP contribution >= 0.6 is 0 Å². The molecular formula is C30H42N4O5. The number of carbonyl (C=O) groups excluding carboxylic acids is 3. The van der Waals surface area contributed by atoms with Crippen LogP contribution in [-0.2, 0) is 30.4 Å². The summed E-state index contributed by atoms with van der Waals surface area (Å²) in [5.41, 5.74) is 3.37. The van der Waals surface area contributed by atoms with Gasteiger partial charge in [-0.2, -0.15) is 0 Å². The zero-order valence-electron chi connectivity index (χ0n) is 23.6. The SMILES string of the molecule is COC(=O)C(Cc1cnc[nH]1)NC(=O)CON=C1C=C2CCC3C4CCC(C(C)=O)[C@@]4(C)CCC3[C@@]2(C)CC1. The number of carbonyl (C=O) groups is 3. The van der Waals surface area contributed by atoms with Crippen molar-refractivity contribution < 1.29 is 24.0 Å². The lowest BCUT2D eigenvalue weighted by atomic mass is 9.46. The van der Waals surface area contributed by atoms with Crippen LogP contribution < -0.4 is 5.32 Å². The van der Waals surface area contributed by atoms with E-state index in [1.54, 1.807) is 13.1 Å². The molecule has 0 spiro atoms. The first-order valence-corrected chi connectivity index (χ1v) is 14.4. The number of aromatic nitrogens is 2. The summed E-state index contributed by atoms with van der Waals surface area (Å²) in [5, 5.41) is 6.97. The van der Waals surface area contributed by atoms with Gasteiger partial charge in [0.05, 0.1) is 19.1 Å². The minimum atomic E-state index is -0.838. The maximum Gasteiger partial charge on any atom is 0.328 e. The number of nitrogens with zero attached hydrogens (tertiary/aromatic N) is 2. The molecule has 2 N–H and O–H groups in total. The number of nitrogens with one attached hydrogen (secondary N) is 2. The van der Waals surface area contributed by atoms with Crippen LogP contribution in [0, 0.1) is 34.5 Å². The van der Waals surface area contributed by atoms with E-state index in [2.05, 4.69) is 40.4 Å². The molecule has 0 saturated heterocycles. The highest BCUT2D eigenvalue weighted by Crippen LogP contribution is 2.66. The molecule has 0 bridgehead atoms. The third-order valence-corrected chi connectivity index (χ3v) is 10.6. The second-order valence-corrected chi connectivity index (χ2v) is 12.6. The fourth-order valence-electron chi connectivity index (χ4n) is 8.67. The Morgan fingerprint density at radius 1 is 1.15 bits per heavy atom. The smallest absolute Gasteiger partial charge is 0.328 e. The number of allylic oxidation sites excluding steroid dienone is 2. The summed E-state index contributed by atoms with van der Waals surface area (Å²) in [5.74, 6) is 1.65. The minimum absolute atomic E-state index is 0.162. The van der Waals surface area contributed by atoms with Gasteiger partial charge < -0.3 is 19.9 Å². The van der Waals surface area contributed by atoms with Gasteiger partial charge in [-0.3, -0.25) is 9.59 Å². The quantitative estimate of drug-likeness (QED) is 0.379. The first-order valence-electron chi connectivity index (χ1n) is 14.4. The summed E-state index contributed by atoms with van der Waals surface area (Å²) >= 11 is 0. The van der Waals surface area contributed by atoms with Gasteiger partial charge in [0.1, 0.15) is 11.8 Å². The molecule has 39 heavy (non-hydrogen) atoms. The monoisotopic (exact) mass is 538 g/mol. The van der Waals surface area contributed by atoms with Crippen LogP contribution in [0.2, 0.25) is 0 Å². The number of hydrogen-bond acceptors (Lipinski definition) is 7. The van der Waals surface area contributed by atoms with Gasteiger partial charge in [0.15, 0.2) is 6.61 Å². The number of Topliss-reactive ketones (excluding diaryl/α,β-unsaturated/α-hetero) is 1. The number of rotatable bonds is 8. The molecule has 0 radical (unpaired) electrons. The number of oxime groups is 1. The van der Waals surface area contributed by atoms with Crippen LogP contribution in [0.25, 0.3) is 0 Å². The Kier molecular flexibility index (Phi) is 7.71. The number of amides is 1. The molecule has 3 fully saturated rings. The number of hydrogen-bond donors (Lipinski definition) is 2. The molecule has 0 aliphatic heterocycles. The summed E-state index contributed by atoms with van der Waals surface area (Å²) in [6, 6.07) is -0.838. The summed E-state index contributed by atoms with van der Waals surface area (Å²) in [4.78, 5) is 49.3. The lowest BCUT2D eigenvalue weighted by Crippen LogP contribution is -2.51. The number of imidazole rings is 1. The van der Waals surface area contributed by atoms with E-state index in [9.17, 15) is 14.4 Å². The molecule has 9 heteroatoms. The molecule has 7 atom stereocenters. The van der Waals surface area contributed by atoms with Crippen molar-refractivity contribution >= 4 is 23.4 Å². The molecular weight excluding hydrogens is 496 g/mol. The van der Waals surface area contributed by atoms with Crippen LogP contribution in [0.3, 0.4) is 0 Å². The van der Waals surface area contributed by atoms with E-state index in [-0.39, 0.29) is 29.8 Å². The Morgan fingerprint density at radius 2 is 1.97 bits per heavy atom. The number of fused-ring (bicyclic) bond motifs is 5. The van der Waals surface area contributed by atoms with Crippen molar-refractivity contribution in [3.63, 3.8) is 0 Å². The van der Waals surface area contributed by atoms with E-state index < -0.39 is 17.9 Å². The fourth-order valence-corrected chi connectivity index (χ4v) is 8.67. The van der Waals surface area contributed by atoms with Crippen LogP contribution in [-0.4, -0.2) is 53.1 Å². The molecule has 1 aromatic rings. The average molecular weight is 539 g/mol. The first kappa shape index (κ1) is 27.6. The molecule has 0 aromatic carbocycles. The Balaban J connectivity index is 1.19. The molecule has 4 aliphatic rings. The number of ketones is 1. The van der Waals surface area contributed by atoms with Crippen LogP contribution in [0.5, 0.6) is 0 Å². The molecule has 9 nitrogen and oxygen atoms in total. The normalized spacial score (nSPS) is 35.2. The van der Waals surface area contributed by atoms with Crippen molar-refractivity contribution in [1.29, 1.82) is 0 Å². The zero-order chi connectivity index (χ0) is 27.8. The molecule has 1 amide bonds. The summed E-state index contributed by atoms with van der Waals surface area (Å²) < 4.78 is 4.82. The van der Waals surface area contributed by atoms with E-state index in [1.165, 1.54) is 38.3 Å². The number of aromatic amines is 1. The molecule has 1 heterocycles. The van der Waals surface area contributed by atoms with Gasteiger partial charge in [0, 0.05) is 24.2 Å². The van der Waals surface area contributed by atoms with Gasteiger partial charge in [0.25, 0.3) is 5.91 Å². The minimum Gasteiger partial charge on any atom is -0.467 e. The molecule has 5 unspecified atom stereocenters. The Bertz CT molecular complexity index is 1160. The number of ether oxygens (including phenoxy) is 1. The van der Waals surface area contributed by atoms with Gasteiger partial charge in [-0.1, -0.05) is 24.6 Å². The molecule has 3 saturated carbocycles. The maximum absolute atomic E-state index is 12.5. The topological polar surface area (TPSA) is 123 Å². The van der Waals surface area contributed by atoms with Gasteiger partial charge in [-0.15, -0.1) is 0 Å². The molecule has 1 aromatic heterocycles. The molecule has 5 rings (SSSR count). The second-order valence-electron chi connectivity index (χ2n) is 12.6. The van der Waals surface area contributed by atoms with Crippen LogP contribution in [0.15, 0.2) is 29.3 Å². The van der Waals surface area contributed by atoms with Gasteiger partial charge in [-0.05, 0) is 93.0 Å². The Labute approximate surface area is 230 Å².